The summed E-state index contributed by atoms with van der Waals surface area (Å²) in [4.78, 5) is 12.0. The van der Waals surface area contributed by atoms with Crippen molar-refractivity contribution in [1.29, 1.82) is 0 Å². The highest BCUT2D eigenvalue weighted by molar-refractivity contribution is 7.89. The maximum absolute atomic E-state index is 13.7. The molecule has 0 N–H and O–H groups in total. The number of hydrogen-bond donors (Lipinski definition) is 0. The lowest BCUT2D eigenvalue weighted by molar-refractivity contribution is -0.385. The highest BCUT2D eigenvalue weighted by Crippen LogP contribution is 2.31. The van der Waals surface area contributed by atoms with Crippen molar-refractivity contribution in [1.82, 2.24) is 4.31 Å². The lowest BCUT2D eigenvalue weighted by Gasteiger charge is -2.29. The van der Waals surface area contributed by atoms with Crippen LogP contribution in [0.25, 0.3) is 0 Å². The third-order valence-corrected chi connectivity index (χ3v) is 6.60. The molecular weight excluding hydrogens is 417 g/mol. The average molecular weight is 439 g/mol. The van der Waals surface area contributed by atoms with Crippen molar-refractivity contribution in [2.75, 3.05) is 51.4 Å². The van der Waals surface area contributed by atoms with Gasteiger partial charge in [0.25, 0.3) is 5.69 Å². The van der Waals surface area contributed by atoms with Gasteiger partial charge in [-0.2, -0.15) is 4.31 Å². The minimum absolute atomic E-state index is 0.0888. The second kappa shape index (κ2) is 9.37. The maximum Gasteiger partial charge on any atom is 0.270 e. The van der Waals surface area contributed by atoms with Crippen LogP contribution in [-0.2, 0) is 14.8 Å². The molecule has 11 heteroatoms. The monoisotopic (exact) mass is 439 g/mol. The number of ether oxygens (including phenoxy) is 2. The van der Waals surface area contributed by atoms with Gasteiger partial charge in [0.2, 0.25) is 10.0 Å². The fourth-order valence-corrected chi connectivity index (χ4v) is 4.70. The molecule has 2 aromatic carbocycles. The average Bonchev–Trinajstić information content (AvgIpc) is 2.75. The van der Waals surface area contributed by atoms with E-state index in [4.69, 9.17) is 9.47 Å². The van der Waals surface area contributed by atoms with E-state index in [1.165, 1.54) is 28.6 Å². The van der Waals surface area contributed by atoms with Crippen molar-refractivity contribution in [3.05, 3.63) is 58.4 Å². The first kappa shape index (κ1) is 21.9. The molecule has 0 spiro atoms. The van der Waals surface area contributed by atoms with E-state index in [0.717, 1.165) is 6.07 Å². The zero-order valence-electron chi connectivity index (χ0n) is 16.4. The number of hydrogen-bond acceptors (Lipinski definition) is 7. The first-order chi connectivity index (χ1) is 14.3. The molecule has 1 aliphatic heterocycles. The lowest BCUT2D eigenvalue weighted by atomic mass is 10.2. The minimum atomic E-state index is -3.97. The molecule has 0 radical (unpaired) electrons. The van der Waals surface area contributed by atoms with Crippen molar-refractivity contribution in [3.63, 3.8) is 0 Å². The van der Waals surface area contributed by atoms with E-state index in [0.29, 0.717) is 5.69 Å². The van der Waals surface area contributed by atoms with E-state index in [1.54, 1.807) is 24.1 Å². The summed E-state index contributed by atoms with van der Waals surface area (Å²) in [6.45, 7) is 1.18. The molecular formula is C19H22FN3O6S. The summed E-state index contributed by atoms with van der Waals surface area (Å²) in [6.07, 6.45) is 0. The summed E-state index contributed by atoms with van der Waals surface area (Å²) < 4.78 is 51.9. The summed E-state index contributed by atoms with van der Waals surface area (Å²) in [5, 5.41) is 11.2. The number of benzene rings is 2. The number of anilines is 1. The highest BCUT2D eigenvalue weighted by atomic mass is 32.2. The molecule has 0 aromatic heterocycles. The molecule has 0 aliphatic carbocycles. The number of halogens is 1. The van der Waals surface area contributed by atoms with Gasteiger partial charge in [-0.15, -0.1) is 0 Å². The number of rotatable bonds is 8. The zero-order valence-corrected chi connectivity index (χ0v) is 17.2. The molecule has 0 amide bonds. The van der Waals surface area contributed by atoms with Crippen LogP contribution in [0.4, 0.5) is 15.8 Å². The Bertz CT molecular complexity index is 1010. The molecule has 1 fully saturated rings. The van der Waals surface area contributed by atoms with Gasteiger partial charge in [0.05, 0.1) is 30.4 Å². The Labute approximate surface area is 173 Å². The Hall–Kier alpha value is -2.76. The number of nitro benzene ring substituents is 1. The summed E-state index contributed by atoms with van der Waals surface area (Å²) >= 11 is 0. The molecule has 1 heterocycles. The Morgan fingerprint density at radius 1 is 1.23 bits per heavy atom. The van der Waals surface area contributed by atoms with Gasteiger partial charge in [-0.1, -0.05) is 12.1 Å². The van der Waals surface area contributed by atoms with Crippen molar-refractivity contribution >= 4 is 21.4 Å². The number of sulfonamides is 1. The fraction of sp³-hybridized carbons (Fsp3) is 0.368. The molecule has 1 saturated heterocycles. The summed E-state index contributed by atoms with van der Waals surface area (Å²) in [5.74, 6) is -0.401. The number of para-hydroxylation sites is 1. The molecule has 9 nitrogen and oxygen atoms in total. The van der Waals surface area contributed by atoms with E-state index >= 15 is 0 Å². The van der Waals surface area contributed by atoms with Crippen molar-refractivity contribution in [2.45, 2.75) is 4.90 Å². The van der Waals surface area contributed by atoms with Crippen LogP contribution in [0.2, 0.25) is 0 Å². The lowest BCUT2D eigenvalue weighted by Crippen LogP contribution is -2.41. The number of likely N-dealkylation sites (N-methyl/N-ethyl adjacent to an activating group) is 1. The van der Waals surface area contributed by atoms with E-state index in [9.17, 15) is 22.9 Å². The van der Waals surface area contributed by atoms with E-state index < -0.39 is 20.8 Å². The van der Waals surface area contributed by atoms with Gasteiger partial charge >= 0.3 is 0 Å². The molecule has 2 aromatic rings. The van der Waals surface area contributed by atoms with Crippen LogP contribution in [-0.4, -0.2) is 64.1 Å². The summed E-state index contributed by atoms with van der Waals surface area (Å²) in [5.41, 5.74) is -0.0224. The molecule has 1 aliphatic rings. The third-order valence-electron chi connectivity index (χ3n) is 4.67. The standard InChI is InChI=1S/C19H22FN3O6S/c1-21(8-13-29-18-5-3-2-4-16(18)20)17-7-6-15(23(24)25)14-19(17)30(26,27)22-9-11-28-12-10-22/h2-7,14H,8-13H2,1H3. The second-order valence-corrected chi connectivity index (χ2v) is 8.53. The summed E-state index contributed by atoms with van der Waals surface area (Å²) in [6, 6.07) is 9.68. The summed E-state index contributed by atoms with van der Waals surface area (Å²) in [7, 11) is -2.33. The van der Waals surface area contributed by atoms with Gasteiger partial charge in [0.15, 0.2) is 11.6 Å². The Balaban J connectivity index is 1.84. The first-order valence-electron chi connectivity index (χ1n) is 9.25. The normalized spacial score (nSPS) is 15.0. The number of nitro groups is 1. The van der Waals surface area contributed by atoms with Crippen LogP contribution < -0.4 is 9.64 Å². The molecule has 0 saturated carbocycles. The van der Waals surface area contributed by atoms with Crippen LogP contribution >= 0.6 is 0 Å². The van der Waals surface area contributed by atoms with Gasteiger partial charge < -0.3 is 14.4 Å². The van der Waals surface area contributed by atoms with Crippen molar-refractivity contribution in [2.24, 2.45) is 0 Å². The van der Waals surface area contributed by atoms with Gasteiger partial charge in [-0.3, -0.25) is 10.1 Å². The molecule has 3 rings (SSSR count). The number of nitrogens with zero attached hydrogens (tertiary/aromatic N) is 3. The first-order valence-corrected chi connectivity index (χ1v) is 10.7. The van der Waals surface area contributed by atoms with Gasteiger partial charge in [-0.05, 0) is 18.2 Å². The predicted molar refractivity (Wildman–Crippen MR) is 108 cm³/mol. The second-order valence-electron chi connectivity index (χ2n) is 6.63. The topological polar surface area (TPSA) is 102 Å². The quantitative estimate of drug-likeness (QED) is 0.459. The van der Waals surface area contributed by atoms with E-state index in [1.807, 2.05) is 0 Å². The van der Waals surface area contributed by atoms with Crippen LogP contribution in [0, 0.1) is 15.9 Å². The van der Waals surface area contributed by atoms with Gasteiger partial charge in [0, 0.05) is 32.3 Å². The Morgan fingerprint density at radius 2 is 1.93 bits per heavy atom. The van der Waals surface area contributed by atoms with Crippen LogP contribution in [0.1, 0.15) is 0 Å². The predicted octanol–water partition coefficient (Wildman–Crippen LogP) is 2.27. The fourth-order valence-electron chi connectivity index (χ4n) is 3.04. The van der Waals surface area contributed by atoms with Crippen LogP contribution in [0.3, 0.4) is 0 Å². The SMILES string of the molecule is CN(CCOc1ccccc1F)c1ccc([N+](=O)[O-])cc1S(=O)(=O)N1CCOCC1. The molecule has 30 heavy (non-hydrogen) atoms. The third kappa shape index (κ3) is 4.86. The van der Waals surface area contributed by atoms with Crippen molar-refractivity contribution in [3.8, 4) is 5.75 Å². The largest absolute Gasteiger partial charge is 0.489 e. The van der Waals surface area contributed by atoms with E-state index in [2.05, 4.69) is 0 Å². The molecule has 0 atom stereocenters. The Kier molecular flexibility index (Phi) is 6.85. The molecule has 0 bridgehead atoms. The highest BCUT2D eigenvalue weighted by Gasteiger charge is 2.31. The van der Waals surface area contributed by atoms with Crippen molar-refractivity contribution < 1.29 is 27.2 Å². The molecule has 162 valence electrons. The van der Waals surface area contributed by atoms with E-state index in [-0.39, 0.29) is 55.8 Å². The number of morpholine rings is 1. The Morgan fingerprint density at radius 3 is 2.60 bits per heavy atom. The smallest absolute Gasteiger partial charge is 0.270 e. The molecule has 0 unspecified atom stereocenters. The minimum Gasteiger partial charge on any atom is -0.489 e. The van der Waals surface area contributed by atoms with Crippen LogP contribution in [0.5, 0.6) is 5.75 Å². The van der Waals surface area contributed by atoms with Gasteiger partial charge in [0.1, 0.15) is 11.5 Å². The zero-order chi connectivity index (χ0) is 21.7. The van der Waals surface area contributed by atoms with Crippen LogP contribution in [0.15, 0.2) is 47.4 Å². The van der Waals surface area contributed by atoms with Gasteiger partial charge in [-0.25, -0.2) is 12.8 Å². The number of non-ortho nitro benzene ring substituents is 1. The maximum atomic E-state index is 13.7.